The summed E-state index contributed by atoms with van der Waals surface area (Å²) in [6.07, 6.45) is 3.66. The summed E-state index contributed by atoms with van der Waals surface area (Å²) >= 11 is 0. The quantitative estimate of drug-likeness (QED) is 0.0285. The molecule has 52 heavy (non-hydrogen) atoms. The third-order valence-electron chi connectivity index (χ3n) is 9.19. The number of carbonyl (C=O) groups excluding carboxylic acids is 2. The first-order valence-corrected chi connectivity index (χ1v) is 19.3. The molecule has 0 aliphatic heterocycles. The van der Waals surface area contributed by atoms with Crippen molar-refractivity contribution in [2.75, 3.05) is 31.3 Å². The van der Waals surface area contributed by atoms with E-state index in [0.717, 1.165) is 18.8 Å². The Bertz CT molecular complexity index is 2150. The molecule has 0 aliphatic rings. The highest BCUT2D eigenvalue weighted by Crippen LogP contribution is 2.55. The van der Waals surface area contributed by atoms with Crippen LogP contribution in [0.4, 0.5) is 5.69 Å². The molecule has 0 atom stereocenters. The SMILES string of the molecule is CCN(CC)c1ccc2cc(C(=O)/C=C/c3ccc(OC(=O)CC[P+](c4ccccc4)(c4ccccc4)c4ccccc4)c(OC)c3)c(=O)oc2c1. The van der Waals surface area contributed by atoms with Crippen LogP contribution in [0.15, 0.2) is 149 Å². The Labute approximate surface area is 304 Å². The molecule has 6 aromatic rings. The number of hydrogen-bond acceptors (Lipinski definition) is 7. The molecule has 6 rings (SSSR count). The van der Waals surface area contributed by atoms with Crippen molar-refractivity contribution in [3.8, 4) is 11.5 Å². The predicted molar refractivity (Wildman–Crippen MR) is 213 cm³/mol. The van der Waals surface area contributed by atoms with Gasteiger partial charge in [-0.25, -0.2) is 4.79 Å². The van der Waals surface area contributed by atoms with E-state index < -0.39 is 18.7 Å². The molecule has 262 valence electrons. The summed E-state index contributed by atoms with van der Waals surface area (Å²) in [6.45, 7) is 5.76. The normalized spacial score (nSPS) is 11.4. The van der Waals surface area contributed by atoms with Crippen LogP contribution in [0.5, 0.6) is 11.5 Å². The smallest absolute Gasteiger partial charge is 0.347 e. The van der Waals surface area contributed by atoms with Gasteiger partial charge in [0.1, 0.15) is 34.3 Å². The number of esters is 1. The van der Waals surface area contributed by atoms with Crippen LogP contribution in [0.1, 0.15) is 36.2 Å². The van der Waals surface area contributed by atoms with Crippen LogP contribution < -0.4 is 35.9 Å². The number of nitrogens with zero attached hydrogens (tertiary/aromatic N) is 1. The van der Waals surface area contributed by atoms with Gasteiger partial charge in [0.15, 0.2) is 17.3 Å². The third kappa shape index (κ3) is 7.75. The number of rotatable bonds is 14. The highest BCUT2D eigenvalue weighted by Gasteiger charge is 2.45. The van der Waals surface area contributed by atoms with Gasteiger partial charge in [0.05, 0.1) is 19.7 Å². The second-order valence-corrected chi connectivity index (χ2v) is 15.8. The van der Waals surface area contributed by atoms with E-state index in [2.05, 4.69) is 55.1 Å². The lowest BCUT2D eigenvalue weighted by Crippen LogP contribution is -2.34. The third-order valence-corrected chi connectivity index (χ3v) is 13.6. The summed E-state index contributed by atoms with van der Waals surface area (Å²) in [5, 5.41) is 4.23. The minimum atomic E-state index is -2.21. The molecule has 8 heteroatoms. The Morgan fingerprint density at radius 1 is 0.731 bits per heavy atom. The number of allylic oxidation sites excluding steroid dienone is 1. The number of ether oxygens (including phenoxy) is 2. The van der Waals surface area contributed by atoms with Crippen molar-refractivity contribution in [3.05, 3.63) is 161 Å². The molecule has 1 heterocycles. The second-order valence-electron chi connectivity index (χ2n) is 12.2. The summed E-state index contributed by atoms with van der Waals surface area (Å²) < 4.78 is 17.0. The molecule has 0 spiro atoms. The maximum atomic E-state index is 13.5. The van der Waals surface area contributed by atoms with Gasteiger partial charge >= 0.3 is 11.6 Å². The van der Waals surface area contributed by atoms with Gasteiger partial charge in [-0.15, -0.1) is 0 Å². The minimum absolute atomic E-state index is 0.0581. The Hall–Kier alpha value is -5.78. The lowest BCUT2D eigenvalue weighted by atomic mass is 10.1. The average Bonchev–Trinajstić information content (AvgIpc) is 3.19. The number of methoxy groups -OCH3 is 1. The molecule has 0 saturated carbocycles. The lowest BCUT2D eigenvalue weighted by Gasteiger charge is -2.27. The minimum Gasteiger partial charge on any atom is -0.493 e. The zero-order valence-electron chi connectivity index (χ0n) is 29.5. The first kappa shape index (κ1) is 36.0. The highest BCUT2D eigenvalue weighted by atomic mass is 31.2. The summed E-state index contributed by atoms with van der Waals surface area (Å²) in [4.78, 5) is 41.6. The number of hydrogen-bond donors (Lipinski definition) is 0. The maximum Gasteiger partial charge on any atom is 0.347 e. The van der Waals surface area contributed by atoms with Crippen molar-refractivity contribution in [2.24, 2.45) is 0 Å². The van der Waals surface area contributed by atoms with Crippen molar-refractivity contribution in [3.63, 3.8) is 0 Å². The summed E-state index contributed by atoms with van der Waals surface area (Å²) in [5.74, 6) is -0.248. The second kappa shape index (κ2) is 16.5. The molecule has 0 saturated heterocycles. The molecule has 0 fully saturated rings. The molecular formula is C44H41NO6P+. The van der Waals surface area contributed by atoms with Crippen LogP contribution in [0, 0.1) is 0 Å². The van der Waals surface area contributed by atoms with Crippen molar-refractivity contribution < 1.29 is 23.5 Å². The topological polar surface area (TPSA) is 86.0 Å². The summed E-state index contributed by atoms with van der Waals surface area (Å²) in [7, 11) is -0.719. The highest BCUT2D eigenvalue weighted by molar-refractivity contribution is 7.95. The Morgan fingerprint density at radius 3 is 1.88 bits per heavy atom. The monoisotopic (exact) mass is 710 g/mol. The van der Waals surface area contributed by atoms with E-state index in [1.807, 2.05) is 72.8 Å². The fourth-order valence-electron chi connectivity index (χ4n) is 6.51. The molecule has 0 bridgehead atoms. The number of ketones is 1. The van der Waals surface area contributed by atoms with E-state index in [1.54, 1.807) is 30.3 Å². The van der Waals surface area contributed by atoms with E-state index in [4.69, 9.17) is 13.9 Å². The van der Waals surface area contributed by atoms with Crippen molar-refractivity contribution in [1.82, 2.24) is 0 Å². The molecular weight excluding hydrogens is 669 g/mol. The number of anilines is 1. The molecule has 0 radical (unpaired) electrons. The Kier molecular flexibility index (Phi) is 11.4. The van der Waals surface area contributed by atoms with Crippen LogP contribution in [0.3, 0.4) is 0 Å². The van der Waals surface area contributed by atoms with Gasteiger partial charge in [-0.05, 0) is 92.2 Å². The van der Waals surface area contributed by atoms with Crippen molar-refractivity contribution in [2.45, 2.75) is 20.3 Å². The van der Waals surface area contributed by atoms with Gasteiger partial charge in [0.25, 0.3) is 0 Å². The van der Waals surface area contributed by atoms with Crippen LogP contribution in [0.25, 0.3) is 17.0 Å². The van der Waals surface area contributed by atoms with Crippen molar-refractivity contribution in [1.29, 1.82) is 0 Å². The molecule has 7 nitrogen and oxygen atoms in total. The summed E-state index contributed by atoms with van der Waals surface area (Å²) in [5.41, 5.74) is 1.25. The predicted octanol–water partition coefficient (Wildman–Crippen LogP) is 7.83. The van der Waals surface area contributed by atoms with Gasteiger partial charge < -0.3 is 18.8 Å². The van der Waals surface area contributed by atoms with Gasteiger partial charge in [0.2, 0.25) is 0 Å². The fraction of sp³-hybridized carbons (Fsp3) is 0.159. The summed E-state index contributed by atoms with van der Waals surface area (Å²) in [6, 6.07) is 43.4. The zero-order chi connectivity index (χ0) is 36.5. The van der Waals surface area contributed by atoms with E-state index in [0.29, 0.717) is 28.4 Å². The van der Waals surface area contributed by atoms with E-state index >= 15 is 0 Å². The standard InChI is InChI=1S/C44H41NO6P/c1-4-45(5-2)34-24-23-33-30-38(44(48)51-41(33)31-34)39(46)25-21-32-22-26-40(42(29-32)49-3)50-43(47)27-28-52(35-15-9-6-10-16-35,36-17-11-7-12-18-36)37-19-13-8-14-20-37/h6-26,29-31H,4-5,27-28H2,1-3H3/q+1/b25-21+. The van der Waals surface area contributed by atoms with Crippen LogP contribution in [-0.4, -0.2) is 38.1 Å². The van der Waals surface area contributed by atoms with Crippen molar-refractivity contribution >= 4 is 57.7 Å². The van der Waals surface area contributed by atoms with Gasteiger partial charge in [-0.1, -0.05) is 66.7 Å². The van der Waals surface area contributed by atoms with Crippen LogP contribution >= 0.6 is 7.26 Å². The van der Waals surface area contributed by atoms with E-state index in [1.165, 1.54) is 29.1 Å². The van der Waals surface area contributed by atoms with Crippen LogP contribution in [0.2, 0.25) is 0 Å². The molecule has 1 aromatic heterocycles. The lowest BCUT2D eigenvalue weighted by molar-refractivity contribution is -0.134. The Morgan fingerprint density at radius 2 is 1.33 bits per heavy atom. The molecule has 0 aliphatic carbocycles. The number of benzene rings is 5. The largest absolute Gasteiger partial charge is 0.493 e. The number of carbonyl (C=O) groups is 2. The van der Waals surface area contributed by atoms with Gasteiger partial charge in [-0.3, -0.25) is 9.59 Å². The van der Waals surface area contributed by atoms with Gasteiger partial charge in [0, 0.05) is 30.2 Å². The average molecular weight is 711 g/mol. The first-order chi connectivity index (χ1) is 25.4. The fourth-order valence-corrected chi connectivity index (χ4v) is 10.7. The molecule has 5 aromatic carbocycles. The molecule has 0 amide bonds. The Balaban J connectivity index is 1.19. The maximum absolute atomic E-state index is 13.5. The van der Waals surface area contributed by atoms with E-state index in [-0.39, 0.29) is 23.7 Å². The van der Waals surface area contributed by atoms with Gasteiger partial charge in [-0.2, -0.15) is 0 Å². The number of fused-ring (bicyclic) bond motifs is 1. The zero-order valence-corrected chi connectivity index (χ0v) is 30.4. The van der Waals surface area contributed by atoms with E-state index in [9.17, 15) is 14.4 Å². The van der Waals surface area contributed by atoms with Crippen LogP contribution in [-0.2, 0) is 4.79 Å². The molecule has 0 unspecified atom stereocenters. The molecule has 0 N–H and O–H groups in total. The first-order valence-electron chi connectivity index (χ1n) is 17.3.